The lowest BCUT2D eigenvalue weighted by molar-refractivity contribution is -0.225. The average Bonchev–Trinajstić information content (AvgIpc) is 2.81. The number of nitrogen functional groups attached to an aromatic ring is 1. The van der Waals surface area contributed by atoms with Gasteiger partial charge < -0.3 is 19.8 Å². The third kappa shape index (κ3) is 2.99. The fourth-order valence-corrected chi connectivity index (χ4v) is 2.24. The van der Waals surface area contributed by atoms with E-state index in [1.165, 1.54) is 0 Å². The molecule has 0 bridgehead atoms. The van der Waals surface area contributed by atoms with Crippen LogP contribution >= 0.6 is 11.6 Å². The van der Waals surface area contributed by atoms with E-state index in [1.807, 2.05) is 24.5 Å². The Balaban J connectivity index is 1.80. The molecule has 1 aliphatic heterocycles. The summed E-state index contributed by atoms with van der Waals surface area (Å²) in [5, 5.41) is 0.259. The lowest BCUT2D eigenvalue weighted by Gasteiger charge is -2.31. The summed E-state index contributed by atoms with van der Waals surface area (Å²) in [4.78, 5) is 12.3. The molecule has 21 heavy (non-hydrogen) atoms. The van der Waals surface area contributed by atoms with Gasteiger partial charge in [0.15, 0.2) is 16.6 Å². The number of imidazole rings is 1. The van der Waals surface area contributed by atoms with Gasteiger partial charge in [0.1, 0.15) is 5.52 Å². The number of aromatic nitrogens is 4. The third-order valence-corrected chi connectivity index (χ3v) is 3.49. The van der Waals surface area contributed by atoms with Crippen molar-refractivity contribution in [2.45, 2.75) is 26.2 Å². The smallest absolute Gasteiger partial charge is 0.223 e. The third-order valence-electron chi connectivity index (χ3n) is 3.23. The summed E-state index contributed by atoms with van der Waals surface area (Å²) >= 11 is 5.99. The molecule has 0 radical (unpaired) electrons. The Morgan fingerprint density at radius 2 is 2.10 bits per heavy atom. The van der Waals surface area contributed by atoms with E-state index in [1.54, 1.807) is 6.33 Å². The van der Waals surface area contributed by atoms with Crippen LogP contribution in [-0.4, -0.2) is 38.5 Å². The molecule has 0 unspecified atom stereocenters. The topological polar surface area (TPSA) is 88.1 Å². The van der Waals surface area contributed by atoms with Gasteiger partial charge in [0, 0.05) is 6.54 Å². The number of hydrogen-bond donors (Lipinski definition) is 1. The molecule has 8 heteroatoms. The van der Waals surface area contributed by atoms with Gasteiger partial charge in [-0.05, 0) is 19.4 Å². The molecule has 7 nitrogen and oxygen atoms in total. The molecular weight excluding hydrogens is 294 g/mol. The molecule has 0 atom stereocenters. The molecule has 1 aliphatic rings. The Morgan fingerprint density at radius 3 is 2.81 bits per heavy atom. The van der Waals surface area contributed by atoms with Crippen LogP contribution in [0.5, 0.6) is 0 Å². The van der Waals surface area contributed by atoms with Gasteiger partial charge >= 0.3 is 0 Å². The van der Waals surface area contributed by atoms with Gasteiger partial charge in [0.25, 0.3) is 0 Å². The van der Waals surface area contributed by atoms with Crippen LogP contribution in [0, 0.1) is 0 Å². The first-order valence-corrected chi connectivity index (χ1v) is 6.92. The average molecular weight is 310 g/mol. The maximum atomic E-state index is 5.99. The molecule has 3 rings (SSSR count). The first-order valence-electron chi connectivity index (χ1n) is 6.54. The highest BCUT2D eigenvalue weighted by Crippen LogP contribution is 2.21. The van der Waals surface area contributed by atoms with E-state index in [9.17, 15) is 0 Å². The summed E-state index contributed by atoms with van der Waals surface area (Å²) in [6.07, 6.45) is 3.69. The maximum Gasteiger partial charge on any atom is 0.223 e. The molecule has 2 N–H and O–H groups in total. The highest BCUT2D eigenvalue weighted by atomic mass is 35.5. The number of nitrogens with two attached hydrogens (primary N) is 1. The van der Waals surface area contributed by atoms with Crippen molar-refractivity contribution >= 4 is 28.7 Å². The van der Waals surface area contributed by atoms with E-state index in [0.29, 0.717) is 30.9 Å². The molecule has 0 aliphatic carbocycles. The van der Waals surface area contributed by atoms with Gasteiger partial charge in [-0.25, -0.2) is 4.98 Å². The number of rotatable bonds is 2. The number of halogens is 1. The summed E-state index contributed by atoms with van der Waals surface area (Å²) in [5.74, 6) is -0.387. The SMILES string of the molecule is CC1(C)OCC(=CCn2cnc3c(Cl)nc(N)nc32)CO1. The molecule has 0 aromatic carbocycles. The lowest BCUT2D eigenvalue weighted by Crippen LogP contribution is -2.35. The Labute approximate surface area is 126 Å². The van der Waals surface area contributed by atoms with Crippen LogP contribution in [0.4, 0.5) is 5.95 Å². The van der Waals surface area contributed by atoms with Crippen molar-refractivity contribution in [2.75, 3.05) is 18.9 Å². The number of anilines is 1. The fraction of sp³-hybridized carbons (Fsp3) is 0.462. The van der Waals surface area contributed by atoms with Crippen molar-refractivity contribution in [1.29, 1.82) is 0 Å². The van der Waals surface area contributed by atoms with Crippen molar-refractivity contribution in [3.63, 3.8) is 0 Å². The van der Waals surface area contributed by atoms with Crippen LogP contribution in [0.15, 0.2) is 18.0 Å². The number of hydrogen-bond acceptors (Lipinski definition) is 6. The molecule has 1 saturated heterocycles. The van der Waals surface area contributed by atoms with Gasteiger partial charge in [0.2, 0.25) is 5.95 Å². The second kappa shape index (κ2) is 5.25. The summed E-state index contributed by atoms with van der Waals surface area (Å²) in [6.45, 7) is 5.49. The molecule has 0 spiro atoms. The Bertz CT molecular complexity index is 698. The largest absolute Gasteiger partial charge is 0.368 e. The predicted octanol–water partition coefficient (Wildman–Crippen LogP) is 1.77. The zero-order valence-corrected chi connectivity index (χ0v) is 12.6. The number of fused-ring (bicyclic) bond motifs is 1. The lowest BCUT2D eigenvalue weighted by atomic mass is 10.2. The van der Waals surface area contributed by atoms with E-state index in [4.69, 9.17) is 26.8 Å². The first kappa shape index (κ1) is 14.2. The van der Waals surface area contributed by atoms with Crippen molar-refractivity contribution in [3.8, 4) is 0 Å². The number of ether oxygens (including phenoxy) is 2. The molecule has 0 saturated carbocycles. The standard InChI is InChI=1S/C13H16ClN5O2/c1-13(2)20-5-8(6-21-13)3-4-19-7-16-9-10(14)17-12(15)18-11(9)19/h3,7H,4-6H2,1-2H3,(H2,15,17,18). The first-order chi connectivity index (χ1) is 9.94. The molecule has 3 heterocycles. The Hall–Kier alpha value is -1.70. The minimum atomic E-state index is -0.520. The highest BCUT2D eigenvalue weighted by molar-refractivity contribution is 6.33. The van der Waals surface area contributed by atoms with Gasteiger partial charge in [-0.3, -0.25) is 0 Å². The van der Waals surface area contributed by atoms with Gasteiger partial charge in [-0.1, -0.05) is 17.7 Å². The van der Waals surface area contributed by atoms with Crippen LogP contribution in [0.25, 0.3) is 11.2 Å². The summed E-state index contributed by atoms with van der Waals surface area (Å²) in [5.41, 5.74) is 7.85. The number of allylic oxidation sites excluding steroid dienone is 1. The normalized spacial score (nSPS) is 18.1. The fourth-order valence-electron chi connectivity index (χ4n) is 2.02. The van der Waals surface area contributed by atoms with E-state index in [-0.39, 0.29) is 11.1 Å². The Morgan fingerprint density at radius 1 is 1.38 bits per heavy atom. The van der Waals surface area contributed by atoms with Crippen LogP contribution in [-0.2, 0) is 16.0 Å². The quantitative estimate of drug-likeness (QED) is 0.672. The van der Waals surface area contributed by atoms with Crippen molar-refractivity contribution < 1.29 is 9.47 Å². The number of nitrogens with zero attached hydrogens (tertiary/aromatic N) is 4. The van der Waals surface area contributed by atoms with E-state index >= 15 is 0 Å². The van der Waals surface area contributed by atoms with E-state index in [2.05, 4.69) is 15.0 Å². The minimum Gasteiger partial charge on any atom is -0.368 e. The second-order valence-electron chi connectivity index (χ2n) is 5.28. The molecule has 2 aromatic rings. The van der Waals surface area contributed by atoms with Gasteiger partial charge in [0.05, 0.1) is 19.5 Å². The zero-order chi connectivity index (χ0) is 15.0. The Kier molecular flexibility index (Phi) is 3.56. The highest BCUT2D eigenvalue weighted by Gasteiger charge is 2.24. The molecule has 1 fully saturated rings. The van der Waals surface area contributed by atoms with Crippen molar-refractivity contribution in [1.82, 2.24) is 19.5 Å². The van der Waals surface area contributed by atoms with Crippen LogP contribution in [0.1, 0.15) is 13.8 Å². The van der Waals surface area contributed by atoms with Crippen LogP contribution in [0.2, 0.25) is 5.15 Å². The molecule has 112 valence electrons. The monoisotopic (exact) mass is 309 g/mol. The molecular formula is C13H16ClN5O2. The predicted molar refractivity (Wildman–Crippen MR) is 78.8 cm³/mol. The van der Waals surface area contributed by atoms with E-state index in [0.717, 1.165) is 5.57 Å². The summed E-state index contributed by atoms with van der Waals surface area (Å²) < 4.78 is 13.0. The zero-order valence-electron chi connectivity index (χ0n) is 11.8. The minimum absolute atomic E-state index is 0.132. The van der Waals surface area contributed by atoms with Crippen LogP contribution < -0.4 is 5.73 Å². The maximum absolute atomic E-state index is 5.99. The molecule has 0 amide bonds. The van der Waals surface area contributed by atoms with Gasteiger partial charge in [-0.15, -0.1) is 0 Å². The van der Waals surface area contributed by atoms with Crippen LogP contribution in [0.3, 0.4) is 0 Å². The second-order valence-corrected chi connectivity index (χ2v) is 5.64. The van der Waals surface area contributed by atoms with Crippen molar-refractivity contribution in [2.24, 2.45) is 0 Å². The molecule has 2 aromatic heterocycles. The summed E-state index contributed by atoms with van der Waals surface area (Å²) in [7, 11) is 0. The van der Waals surface area contributed by atoms with E-state index < -0.39 is 5.79 Å². The summed E-state index contributed by atoms with van der Waals surface area (Å²) in [6, 6.07) is 0. The van der Waals surface area contributed by atoms with Gasteiger partial charge in [-0.2, -0.15) is 9.97 Å². The van der Waals surface area contributed by atoms with Crippen molar-refractivity contribution in [3.05, 3.63) is 23.1 Å².